The molecule has 12 nitrogen and oxygen atoms in total. The Bertz CT molecular complexity index is 1240. The van der Waals surface area contributed by atoms with Crippen LogP contribution in [0.3, 0.4) is 0 Å². The molecule has 0 aliphatic carbocycles. The van der Waals surface area contributed by atoms with Gasteiger partial charge < -0.3 is 24.1 Å². The van der Waals surface area contributed by atoms with Crippen LogP contribution >= 0.6 is 0 Å². The molecule has 2 N–H and O–H groups in total. The second-order valence-electron chi connectivity index (χ2n) is 10.7. The van der Waals surface area contributed by atoms with Gasteiger partial charge in [0.2, 0.25) is 0 Å². The molecule has 2 aromatic rings. The first-order valence-corrected chi connectivity index (χ1v) is 12.8. The number of carbonyl (C=O) groups is 5. The third-order valence-electron chi connectivity index (χ3n) is 7.31. The highest BCUT2D eigenvalue weighted by molar-refractivity contribution is 6.68. The fourth-order valence-corrected chi connectivity index (χ4v) is 5.83. The molecule has 1 aromatic heterocycles. The van der Waals surface area contributed by atoms with Gasteiger partial charge in [-0.05, 0) is 30.1 Å². The number of nitrogens with zero attached hydrogens (tertiary/aromatic N) is 3. The summed E-state index contributed by atoms with van der Waals surface area (Å²) >= 11 is 0. The van der Waals surface area contributed by atoms with E-state index in [0.717, 1.165) is 5.56 Å². The zero-order valence-electron chi connectivity index (χ0n) is 21.8. The summed E-state index contributed by atoms with van der Waals surface area (Å²) in [7, 11) is 0. The van der Waals surface area contributed by atoms with E-state index in [1.165, 1.54) is 18.6 Å². The first-order chi connectivity index (χ1) is 18.5. The van der Waals surface area contributed by atoms with Crippen LogP contribution in [0.15, 0.2) is 48.9 Å². The third kappa shape index (κ3) is 5.98. The molecule has 2 aliphatic heterocycles. The van der Waals surface area contributed by atoms with E-state index in [0.29, 0.717) is 6.42 Å². The molecule has 4 rings (SSSR count). The minimum atomic E-state index is -2.84. The van der Waals surface area contributed by atoms with Crippen LogP contribution in [0.4, 0.5) is 0 Å². The number of aliphatic carboxylic acids is 1. The number of hydrogen-bond acceptors (Lipinski definition) is 9. The summed E-state index contributed by atoms with van der Waals surface area (Å²) in [5, 5.41) is 12.4. The minimum absolute atomic E-state index is 0.00820. The van der Waals surface area contributed by atoms with Crippen LogP contribution < -0.4 is 5.32 Å². The fraction of sp³-hybridized carbons (Fsp3) is 0.423. The summed E-state index contributed by atoms with van der Waals surface area (Å²) < 4.78 is 10.9. The molecule has 0 unspecified atom stereocenters. The van der Waals surface area contributed by atoms with Crippen molar-refractivity contribution >= 4 is 36.3 Å². The van der Waals surface area contributed by atoms with E-state index in [-0.39, 0.29) is 43.3 Å². The molecule has 39 heavy (non-hydrogen) atoms. The lowest BCUT2D eigenvalue weighted by Gasteiger charge is -2.46. The van der Waals surface area contributed by atoms with E-state index in [2.05, 4.69) is 15.3 Å². The molecule has 1 amide bonds. The fourth-order valence-electron chi connectivity index (χ4n) is 5.83. The summed E-state index contributed by atoms with van der Waals surface area (Å²) in [4.78, 5) is 71.7. The van der Waals surface area contributed by atoms with Gasteiger partial charge in [0.25, 0.3) is 5.91 Å². The van der Waals surface area contributed by atoms with Crippen molar-refractivity contribution in [2.75, 3.05) is 19.6 Å². The molecule has 0 radical (unpaired) electrons. The molecular weight excluding hydrogens is 507 g/mol. The van der Waals surface area contributed by atoms with Crippen LogP contribution in [0.1, 0.15) is 42.7 Å². The van der Waals surface area contributed by atoms with Gasteiger partial charge in [-0.2, -0.15) is 0 Å². The number of benzene rings is 1. The van der Waals surface area contributed by atoms with Gasteiger partial charge in [-0.25, -0.2) is 9.78 Å². The monoisotopic (exact) mass is 538 g/mol. The van der Waals surface area contributed by atoms with Gasteiger partial charge in [0, 0.05) is 12.4 Å². The molecule has 0 saturated carbocycles. The highest BCUT2D eigenvalue weighted by atomic mass is 16.7. The minimum Gasteiger partial charge on any atom is -0.600 e. The summed E-state index contributed by atoms with van der Waals surface area (Å²) in [6, 6.07) is 8.14. The molecular formula is C26H31BN4O8. The summed E-state index contributed by atoms with van der Waals surface area (Å²) in [5.74, 6) is -4.34. The van der Waals surface area contributed by atoms with Gasteiger partial charge in [0.05, 0.1) is 12.2 Å². The van der Waals surface area contributed by atoms with Gasteiger partial charge in [-0.15, -0.1) is 0 Å². The lowest BCUT2D eigenvalue weighted by Crippen LogP contribution is -2.67. The largest absolute Gasteiger partial charge is 0.600 e. The quantitative estimate of drug-likeness (QED) is 0.375. The van der Waals surface area contributed by atoms with Crippen molar-refractivity contribution in [2.24, 2.45) is 5.92 Å². The van der Waals surface area contributed by atoms with E-state index in [1.54, 1.807) is 0 Å². The van der Waals surface area contributed by atoms with E-state index in [9.17, 15) is 29.1 Å². The smallest absolute Gasteiger partial charge is 0.588 e. The number of carbonyl (C=O) groups excluding carboxylic acids is 4. The molecule has 206 valence electrons. The molecule has 3 heterocycles. The zero-order chi connectivity index (χ0) is 28.2. The second-order valence-corrected chi connectivity index (χ2v) is 10.7. The number of fused-ring (bicyclic) bond motifs is 1. The molecule has 2 aliphatic rings. The number of aromatic nitrogens is 2. The standard InChI is InChI=1S/C26H31BN4O8/c1-17(2)10-19(27-31(14-23(33)34,15-24(35)38-27)16-25(36)39-27)12-22(32)20(11-18-6-4-3-5-7-18)30-26(37)21-13-28-8-9-29-21/h3-9,13,17,19-20H,10-12,14-16H2,1-2H3,(H,30,37)(H,33,34)/t19-,20+,27?,31?/m1/s1. The van der Waals surface area contributed by atoms with Gasteiger partial charge in [0.15, 0.2) is 5.78 Å². The average molecular weight is 538 g/mol. The Morgan fingerprint density at radius 2 is 1.74 bits per heavy atom. The van der Waals surface area contributed by atoms with Crippen molar-refractivity contribution in [1.82, 2.24) is 15.3 Å². The predicted octanol–water partition coefficient (Wildman–Crippen LogP) is 1.15. The van der Waals surface area contributed by atoms with E-state index >= 15 is 0 Å². The van der Waals surface area contributed by atoms with Crippen molar-refractivity contribution < 1.29 is 42.8 Å². The van der Waals surface area contributed by atoms with Crippen molar-refractivity contribution in [3.8, 4) is 0 Å². The summed E-state index contributed by atoms with van der Waals surface area (Å²) in [6.45, 7) is -0.262. The lowest BCUT2D eigenvalue weighted by molar-refractivity contribution is -0.808. The topological polar surface area (TPSA) is 162 Å². The summed E-state index contributed by atoms with van der Waals surface area (Å²) in [5.41, 5.74) is 0.839. The van der Waals surface area contributed by atoms with Gasteiger partial charge in [-0.3, -0.25) is 24.2 Å². The number of Topliss-reactive ketones (excluding diaryl/α,β-unsaturated/α-hetero) is 1. The van der Waals surface area contributed by atoms with Crippen molar-refractivity contribution in [1.29, 1.82) is 0 Å². The highest BCUT2D eigenvalue weighted by Gasteiger charge is 2.71. The number of carboxylic acids is 1. The van der Waals surface area contributed by atoms with Crippen molar-refractivity contribution in [3.63, 3.8) is 0 Å². The Balaban J connectivity index is 1.67. The highest BCUT2D eigenvalue weighted by Crippen LogP contribution is 2.47. The van der Waals surface area contributed by atoms with Crippen LogP contribution in [0.2, 0.25) is 5.82 Å². The molecule has 2 atom stereocenters. The molecule has 0 bridgehead atoms. The van der Waals surface area contributed by atoms with Gasteiger partial charge in [0.1, 0.15) is 25.3 Å². The maximum Gasteiger partial charge on any atom is 0.588 e. The molecule has 2 saturated heterocycles. The lowest BCUT2D eigenvalue weighted by atomic mass is 9.51. The number of amides is 1. The molecule has 1 aromatic carbocycles. The number of carboxylic acid groups (broad SMARTS) is 1. The van der Waals surface area contributed by atoms with E-state index in [4.69, 9.17) is 9.31 Å². The first kappa shape index (κ1) is 27.9. The normalized spacial score (nSPS) is 23.5. The van der Waals surface area contributed by atoms with Crippen molar-refractivity contribution in [3.05, 3.63) is 60.2 Å². The van der Waals surface area contributed by atoms with Gasteiger partial charge in [-0.1, -0.05) is 50.6 Å². The SMILES string of the molecule is CC(C)C[C@H](CC(=O)[C@H](Cc1ccccc1)NC(=O)c1cnccn1)[B-]12OC(=O)C[N+]1(CC(=O)O)CC(=O)O2. The summed E-state index contributed by atoms with van der Waals surface area (Å²) in [6.07, 6.45) is 4.37. The number of rotatable bonds is 12. The number of hydrogen-bond donors (Lipinski definition) is 2. The Labute approximate surface area is 225 Å². The number of nitrogens with one attached hydrogen (secondary N) is 1. The Kier molecular flexibility index (Phi) is 8.10. The average Bonchev–Trinajstić information content (AvgIpc) is 3.28. The predicted molar refractivity (Wildman–Crippen MR) is 137 cm³/mol. The Hall–Kier alpha value is -4.13. The van der Waals surface area contributed by atoms with Gasteiger partial charge >= 0.3 is 24.6 Å². The van der Waals surface area contributed by atoms with Crippen LogP contribution in [0, 0.1) is 5.92 Å². The van der Waals surface area contributed by atoms with E-state index < -0.39 is 53.3 Å². The van der Waals surface area contributed by atoms with Crippen LogP contribution in [-0.4, -0.2) is 81.4 Å². The Morgan fingerprint density at radius 1 is 1.08 bits per heavy atom. The Morgan fingerprint density at radius 3 is 2.31 bits per heavy atom. The maximum absolute atomic E-state index is 13.9. The van der Waals surface area contributed by atoms with Crippen LogP contribution in [-0.2, 0) is 34.9 Å². The first-order valence-electron chi connectivity index (χ1n) is 12.8. The zero-order valence-corrected chi connectivity index (χ0v) is 21.8. The third-order valence-corrected chi connectivity index (χ3v) is 7.31. The number of quaternary nitrogens is 1. The van der Waals surface area contributed by atoms with Crippen LogP contribution in [0.25, 0.3) is 0 Å². The maximum atomic E-state index is 13.9. The second kappa shape index (κ2) is 11.3. The van der Waals surface area contributed by atoms with Crippen molar-refractivity contribution in [2.45, 2.75) is 45.0 Å². The number of ketones is 1. The van der Waals surface area contributed by atoms with Crippen LogP contribution in [0.5, 0.6) is 0 Å². The van der Waals surface area contributed by atoms with E-state index in [1.807, 2.05) is 44.2 Å². The molecule has 0 spiro atoms. The molecule has 2 fully saturated rings. The molecule has 13 heteroatoms.